The Bertz CT molecular complexity index is 97.6. The summed E-state index contributed by atoms with van der Waals surface area (Å²) in [5, 5.41) is 0.989. The third-order valence-electron chi connectivity index (χ3n) is 1.53. The molecule has 0 spiro atoms. The van der Waals surface area contributed by atoms with Crippen molar-refractivity contribution in [3.63, 3.8) is 0 Å². The highest BCUT2D eigenvalue weighted by molar-refractivity contribution is 8.90. The van der Waals surface area contributed by atoms with E-state index in [1.54, 1.807) is 0 Å². The van der Waals surface area contributed by atoms with Gasteiger partial charge in [0.2, 0.25) is 0 Å². The second kappa shape index (κ2) is 4.90. The zero-order valence-corrected chi connectivity index (χ0v) is 9.20. The first-order chi connectivity index (χ1) is 4.86. The Labute approximate surface area is 73.2 Å². The van der Waals surface area contributed by atoms with E-state index in [1.807, 2.05) is 0 Å². The number of hydrogen-bond acceptors (Lipinski definition) is 2. The molecule has 0 aromatic rings. The van der Waals surface area contributed by atoms with Gasteiger partial charge in [-0.25, -0.2) is 0 Å². The Morgan fingerprint density at radius 3 is 2.80 bits per heavy atom. The van der Waals surface area contributed by atoms with Crippen LogP contribution in [0.2, 0.25) is 0 Å². The Morgan fingerprint density at radius 1 is 1.50 bits per heavy atom. The van der Waals surface area contributed by atoms with E-state index in [-0.39, 0.29) is 0 Å². The molecule has 0 saturated carbocycles. The number of rotatable bonds is 3. The standard InChI is InChI=1S/C7H15PS2/c1-3-5-8-9-6-7(4-2)10-8/h7H,3-6H2,1-2H3. The smallest absolute Gasteiger partial charge is 0.0189 e. The quantitative estimate of drug-likeness (QED) is 0.623. The monoisotopic (exact) mass is 194 g/mol. The van der Waals surface area contributed by atoms with Crippen molar-refractivity contribution in [1.29, 1.82) is 0 Å². The largest absolute Gasteiger partial charge is 0.122 e. The lowest BCUT2D eigenvalue weighted by molar-refractivity contribution is 0.926. The molecule has 0 aliphatic carbocycles. The molecule has 0 N–H and O–H groups in total. The van der Waals surface area contributed by atoms with Crippen molar-refractivity contribution in [2.45, 2.75) is 31.9 Å². The van der Waals surface area contributed by atoms with Crippen LogP contribution in [0.3, 0.4) is 0 Å². The second-order valence-electron chi connectivity index (χ2n) is 2.49. The van der Waals surface area contributed by atoms with E-state index >= 15 is 0 Å². The van der Waals surface area contributed by atoms with E-state index in [1.165, 1.54) is 24.8 Å². The van der Waals surface area contributed by atoms with E-state index in [0.29, 0.717) is 6.33 Å². The van der Waals surface area contributed by atoms with Crippen molar-refractivity contribution < 1.29 is 0 Å². The van der Waals surface area contributed by atoms with Crippen molar-refractivity contribution in [2.24, 2.45) is 0 Å². The van der Waals surface area contributed by atoms with Gasteiger partial charge < -0.3 is 0 Å². The van der Waals surface area contributed by atoms with E-state index in [2.05, 4.69) is 36.6 Å². The predicted molar refractivity (Wildman–Crippen MR) is 56.2 cm³/mol. The molecule has 1 heterocycles. The molecule has 1 saturated heterocycles. The molecule has 0 radical (unpaired) electrons. The van der Waals surface area contributed by atoms with Crippen LogP contribution in [-0.4, -0.2) is 17.2 Å². The van der Waals surface area contributed by atoms with Crippen LogP contribution < -0.4 is 0 Å². The van der Waals surface area contributed by atoms with Gasteiger partial charge in [-0.15, -0.1) is 22.8 Å². The molecule has 2 unspecified atom stereocenters. The van der Waals surface area contributed by atoms with E-state index in [4.69, 9.17) is 0 Å². The van der Waals surface area contributed by atoms with Gasteiger partial charge in [-0.05, 0) is 12.6 Å². The summed E-state index contributed by atoms with van der Waals surface area (Å²) in [5.41, 5.74) is 0. The molecular formula is C7H15PS2. The summed E-state index contributed by atoms with van der Waals surface area (Å²) in [5.74, 6) is 1.42. The predicted octanol–water partition coefficient (Wildman–Crippen LogP) is 3.97. The van der Waals surface area contributed by atoms with Gasteiger partial charge in [0.05, 0.1) is 0 Å². The lowest BCUT2D eigenvalue weighted by Gasteiger charge is -2.05. The Balaban J connectivity index is 2.15. The molecule has 1 aliphatic heterocycles. The summed E-state index contributed by atoms with van der Waals surface area (Å²) >= 11 is 4.49. The topological polar surface area (TPSA) is 0 Å². The molecule has 0 bridgehead atoms. The van der Waals surface area contributed by atoms with Crippen molar-refractivity contribution in [3.8, 4) is 0 Å². The lowest BCUT2D eigenvalue weighted by atomic mass is 10.4. The van der Waals surface area contributed by atoms with Crippen molar-refractivity contribution in [1.82, 2.24) is 0 Å². The normalized spacial score (nSPS) is 33.0. The molecule has 60 valence electrons. The van der Waals surface area contributed by atoms with Gasteiger partial charge in [0, 0.05) is 17.3 Å². The third kappa shape index (κ3) is 2.64. The zero-order valence-electron chi connectivity index (χ0n) is 6.67. The molecule has 0 aromatic heterocycles. The maximum Gasteiger partial charge on any atom is 0.0189 e. The summed E-state index contributed by atoms with van der Waals surface area (Å²) in [7, 11) is 0. The summed E-state index contributed by atoms with van der Waals surface area (Å²) in [6, 6.07) is 0. The van der Waals surface area contributed by atoms with Crippen LogP contribution in [0.4, 0.5) is 0 Å². The SMILES string of the molecule is CCCP1SCC(CC)S1. The molecule has 1 rings (SSSR count). The average Bonchev–Trinajstić information content (AvgIpc) is 2.37. The van der Waals surface area contributed by atoms with Crippen molar-refractivity contribution >= 4 is 29.1 Å². The van der Waals surface area contributed by atoms with Crippen LogP contribution in [0.15, 0.2) is 0 Å². The summed E-state index contributed by atoms with van der Waals surface area (Å²) in [6.45, 7) is 4.60. The lowest BCUT2D eigenvalue weighted by Crippen LogP contribution is -1.95. The van der Waals surface area contributed by atoms with Crippen LogP contribution in [0.5, 0.6) is 0 Å². The fraction of sp³-hybridized carbons (Fsp3) is 1.00. The first-order valence-electron chi connectivity index (χ1n) is 3.94. The minimum Gasteiger partial charge on any atom is -0.122 e. The minimum absolute atomic E-state index is 0.343. The van der Waals surface area contributed by atoms with Gasteiger partial charge in [-0.3, -0.25) is 0 Å². The zero-order chi connectivity index (χ0) is 7.40. The van der Waals surface area contributed by atoms with Crippen molar-refractivity contribution in [2.75, 3.05) is 11.9 Å². The molecule has 1 fully saturated rings. The maximum absolute atomic E-state index is 2.31. The highest BCUT2D eigenvalue weighted by Crippen LogP contribution is 2.69. The van der Waals surface area contributed by atoms with Crippen LogP contribution >= 0.6 is 29.1 Å². The summed E-state index contributed by atoms with van der Waals surface area (Å²) < 4.78 is 0. The van der Waals surface area contributed by atoms with Crippen LogP contribution in [0.25, 0.3) is 0 Å². The third-order valence-corrected chi connectivity index (χ3v) is 10.2. The molecular weight excluding hydrogens is 179 g/mol. The van der Waals surface area contributed by atoms with Gasteiger partial charge in [0.1, 0.15) is 0 Å². The minimum atomic E-state index is 0.343. The van der Waals surface area contributed by atoms with Crippen LogP contribution in [0, 0.1) is 0 Å². The van der Waals surface area contributed by atoms with E-state index in [0.717, 1.165) is 5.25 Å². The summed E-state index contributed by atoms with van der Waals surface area (Å²) in [6.07, 6.45) is 4.57. The average molecular weight is 194 g/mol. The first-order valence-corrected chi connectivity index (χ1v) is 8.54. The van der Waals surface area contributed by atoms with E-state index in [9.17, 15) is 0 Å². The fourth-order valence-corrected chi connectivity index (χ4v) is 10.5. The Hall–Kier alpha value is 1.13. The second-order valence-corrected chi connectivity index (χ2v) is 9.81. The highest BCUT2D eigenvalue weighted by Gasteiger charge is 2.23. The fourth-order valence-electron chi connectivity index (χ4n) is 0.886. The molecule has 0 nitrogen and oxygen atoms in total. The molecule has 0 aromatic carbocycles. The van der Waals surface area contributed by atoms with Gasteiger partial charge in [0.15, 0.2) is 0 Å². The molecule has 2 atom stereocenters. The molecule has 0 amide bonds. The Morgan fingerprint density at radius 2 is 2.30 bits per heavy atom. The van der Waals surface area contributed by atoms with Crippen LogP contribution in [0.1, 0.15) is 26.7 Å². The number of hydrogen-bond donors (Lipinski definition) is 0. The van der Waals surface area contributed by atoms with Crippen molar-refractivity contribution in [3.05, 3.63) is 0 Å². The Kier molecular flexibility index (Phi) is 4.52. The molecule has 3 heteroatoms. The van der Waals surface area contributed by atoms with E-state index < -0.39 is 0 Å². The summed E-state index contributed by atoms with van der Waals surface area (Å²) in [4.78, 5) is 0. The molecule has 10 heavy (non-hydrogen) atoms. The van der Waals surface area contributed by atoms with Gasteiger partial charge in [0.25, 0.3) is 0 Å². The van der Waals surface area contributed by atoms with Crippen LogP contribution in [-0.2, 0) is 0 Å². The van der Waals surface area contributed by atoms with Gasteiger partial charge in [-0.1, -0.05) is 20.3 Å². The van der Waals surface area contributed by atoms with Gasteiger partial charge >= 0.3 is 0 Å². The maximum atomic E-state index is 2.31. The molecule has 1 aliphatic rings. The van der Waals surface area contributed by atoms with Gasteiger partial charge in [-0.2, -0.15) is 0 Å². The first kappa shape index (κ1) is 9.22. The highest BCUT2D eigenvalue weighted by atomic mass is 33.1.